The number of allylic oxidation sites excluding steroid dienone is 6. The van der Waals surface area contributed by atoms with Crippen molar-refractivity contribution in [1.82, 2.24) is 0 Å². The van der Waals surface area contributed by atoms with Gasteiger partial charge in [0.15, 0.2) is 0 Å². The van der Waals surface area contributed by atoms with Crippen molar-refractivity contribution in [2.75, 3.05) is 3.80 Å². The fourth-order valence-electron chi connectivity index (χ4n) is 5.76. The number of anilines is 1. The van der Waals surface area contributed by atoms with Crippen LogP contribution >= 0.6 is 0 Å². The number of benzene rings is 3. The van der Waals surface area contributed by atoms with Crippen molar-refractivity contribution in [3.05, 3.63) is 140 Å². The monoisotopic (exact) mass is 493 g/mol. The Morgan fingerprint density at radius 3 is 1.71 bits per heavy atom. The first-order valence-electron chi connectivity index (χ1n) is 12.8. The molecule has 176 valence electrons. The Morgan fingerprint density at radius 1 is 0.657 bits per heavy atom. The van der Waals surface area contributed by atoms with E-state index in [1.807, 2.05) is 36.4 Å². The molecule has 2 aliphatic carbocycles. The van der Waals surface area contributed by atoms with Crippen LogP contribution in [-0.4, -0.2) is 0 Å². The Kier molecular flexibility index (Phi) is 7.37. The zero-order valence-electron chi connectivity index (χ0n) is 20.4. The zero-order valence-corrected chi connectivity index (χ0v) is 22.0. The number of para-hydroxylation sites is 1. The summed E-state index contributed by atoms with van der Waals surface area (Å²) in [5, 5.41) is 0. The summed E-state index contributed by atoms with van der Waals surface area (Å²) in [5.74, 6) is 1.69. The third-order valence-corrected chi connectivity index (χ3v) is 14.8. The van der Waals surface area contributed by atoms with Crippen LogP contribution in [-0.2, 0) is 16.8 Å². The van der Waals surface area contributed by atoms with Gasteiger partial charge in [0.05, 0.1) is 0 Å². The molecule has 0 amide bonds. The van der Waals surface area contributed by atoms with Gasteiger partial charge in [0.2, 0.25) is 0 Å². The quantitative estimate of drug-likeness (QED) is 0.266. The molecule has 0 bridgehead atoms. The summed E-state index contributed by atoms with van der Waals surface area (Å²) in [6, 6.07) is 31.2. The molecular weight excluding hydrogens is 458 g/mol. The van der Waals surface area contributed by atoms with Crippen molar-refractivity contribution in [2.45, 2.75) is 26.5 Å². The molecule has 1 N–H and O–H groups in total. The van der Waals surface area contributed by atoms with Gasteiger partial charge < -0.3 is 0 Å². The maximum atomic E-state index is 4.10. The largest absolute Gasteiger partial charge is 0.0906 e. The topological polar surface area (TPSA) is 12.0 Å². The van der Waals surface area contributed by atoms with Crippen molar-refractivity contribution >= 4 is 16.8 Å². The van der Waals surface area contributed by atoms with Gasteiger partial charge in [-0.05, 0) is 22.3 Å². The molecule has 3 aromatic carbocycles. The van der Waals surface area contributed by atoms with Crippen LogP contribution < -0.4 is 3.80 Å². The summed E-state index contributed by atoms with van der Waals surface area (Å²) in [7, 11) is 0. The molecule has 2 heteroatoms. The summed E-state index contributed by atoms with van der Waals surface area (Å²) in [6.07, 6.45) is 12.4. The molecule has 1 saturated heterocycles. The summed E-state index contributed by atoms with van der Waals surface area (Å²) >= 11 is -1.76. The molecule has 0 aromatic heterocycles. The number of hydrogen-bond acceptors (Lipinski definition) is 1. The maximum absolute atomic E-state index is 4.10. The third-order valence-electron chi connectivity index (χ3n) is 7.85. The standard InChI is InChI=1S/C16H14.C9H11.C6H6N.C2H4.Ti/c1-13(15-9-5-3-6-10-15)14(2)16-11-7-4-8-12-16;1-2-5-9-7-3-6-8(9)4-1;7-6-4-2-1-3-5-6;1-2;/h3-12H,1-2H2;1-2,4-6,8-9H,3,7H2;1-5,7H;1-2H2;/q;;-1;;+1. The molecule has 3 atom stereocenters. The van der Waals surface area contributed by atoms with E-state index in [1.165, 1.54) is 28.0 Å². The van der Waals surface area contributed by atoms with Crippen LogP contribution in [0.2, 0.25) is 13.7 Å². The van der Waals surface area contributed by atoms with Gasteiger partial charge in [-0.15, -0.1) is 0 Å². The Morgan fingerprint density at radius 2 is 1.17 bits per heavy atom. The summed E-state index contributed by atoms with van der Waals surface area (Å²) in [6.45, 7) is 8.20. The fourth-order valence-corrected chi connectivity index (χ4v) is 13.7. The average Bonchev–Trinajstić information content (AvgIpc) is 3.57. The Hall–Kier alpha value is -2.87. The Labute approximate surface area is 214 Å². The minimum absolute atomic E-state index is 0.843. The number of fused-ring (bicyclic) bond motifs is 1. The van der Waals surface area contributed by atoms with Crippen molar-refractivity contribution in [2.24, 2.45) is 11.8 Å². The van der Waals surface area contributed by atoms with Gasteiger partial charge in [-0.1, -0.05) is 73.8 Å². The molecule has 0 radical (unpaired) electrons. The third kappa shape index (κ3) is 5.53. The number of nitrogens with one attached hydrogen (secondary N) is 1. The van der Waals surface area contributed by atoms with E-state index in [0.29, 0.717) is 0 Å². The zero-order chi connectivity index (χ0) is 24.1. The molecule has 35 heavy (non-hydrogen) atoms. The van der Waals surface area contributed by atoms with E-state index in [9.17, 15) is 0 Å². The maximum Gasteiger partial charge on any atom is -0.0183 e. The second-order valence-electron chi connectivity index (χ2n) is 10.0. The van der Waals surface area contributed by atoms with E-state index in [-0.39, 0.29) is 0 Å². The SMILES string of the molecule is C1=CC2CC[CH]([Ti]3([NH]c4ccccc4)[CH2][CH2]3)C2C=C1.C=C(C(=C)c1ccccc1)c1ccccc1. The van der Waals surface area contributed by atoms with Crippen LogP contribution in [0, 0.1) is 11.8 Å². The van der Waals surface area contributed by atoms with Crippen molar-refractivity contribution in [1.29, 1.82) is 0 Å². The van der Waals surface area contributed by atoms with E-state index in [0.717, 1.165) is 38.3 Å². The summed E-state index contributed by atoms with van der Waals surface area (Å²) in [4.78, 5) is 0. The van der Waals surface area contributed by atoms with Crippen molar-refractivity contribution in [3.63, 3.8) is 0 Å². The number of rotatable bonds is 6. The second kappa shape index (κ2) is 10.8. The van der Waals surface area contributed by atoms with Crippen LogP contribution in [0.15, 0.2) is 128 Å². The van der Waals surface area contributed by atoms with Crippen molar-refractivity contribution < 1.29 is 16.8 Å². The normalized spacial score (nSPS) is 22.9. The summed E-state index contributed by atoms with van der Waals surface area (Å²) < 4.78 is 8.10. The molecule has 2 fully saturated rings. The molecule has 3 aliphatic rings. The van der Waals surface area contributed by atoms with Gasteiger partial charge in [0, 0.05) is 0 Å². The van der Waals surface area contributed by atoms with E-state index in [1.54, 1.807) is 0 Å². The predicted molar refractivity (Wildman–Crippen MR) is 149 cm³/mol. The summed E-state index contributed by atoms with van der Waals surface area (Å²) in [5.41, 5.74) is 5.57. The molecule has 3 aromatic rings. The van der Waals surface area contributed by atoms with Crippen LogP contribution in [0.25, 0.3) is 11.1 Å². The van der Waals surface area contributed by atoms with Gasteiger partial charge in [0.25, 0.3) is 0 Å². The van der Waals surface area contributed by atoms with E-state index >= 15 is 0 Å². The van der Waals surface area contributed by atoms with Crippen LogP contribution in [0.4, 0.5) is 5.69 Å². The minimum Gasteiger partial charge on any atom is -0.0906 e. The van der Waals surface area contributed by atoms with Gasteiger partial charge in [0.1, 0.15) is 0 Å². The first kappa shape index (κ1) is 23.9. The molecule has 0 spiro atoms. The van der Waals surface area contributed by atoms with Crippen LogP contribution in [0.1, 0.15) is 24.0 Å². The van der Waals surface area contributed by atoms with E-state index < -0.39 is 16.8 Å². The minimum atomic E-state index is -1.76. The van der Waals surface area contributed by atoms with E-state index in [4.69, 9.17) is 0 Å². The molecule has 1 nitrogen and oxygen atoms in total. The smallest absolute Gasteiger partial charge is 0.0183 e. The molecule has 1 heterocycles. The van der Waals surface area contributed by atoms with Gasteiger partial charge >= 0.3 is 119 Å². The molecule has 6 rings (SSSR count). The van der Waals surface area contributed by atoms with Gasteiger partial charge in [-0.2, -0.15) is 0 Å². The molecule has 1 saturated carbocycles. The molecular formula is C33H35NTi. The predicted octanol–water partition coefficient (Wildman–Crippen LogP) is 9.37. The first-order valence-corrected chi connectivity index (χ1v) is 16.7. The first-order chi connectivity index (χ1) is 17.2. The Balaban J connectivity index is 0.000000148. The van der Waals surface area contributed by atoms with Crippen LogP contribution in [0.5, 0.6) is 0 Å². The van der Waals surface area contributed by atoms with Crippen molar-refractivity contribution in [3.8, 4) is 0 Å². The number of hydrogen-bond donors (Lipinski definition) is 1. The van der Waals surface area contributed by atoms with Gasteiger partial charge in [-0.3, -0.25) is 0 Å². The van der Waals surface area contributed by atoms with Gasteiger partial charge in [-0.25, -0.2) is 0 Å². The molecule has 3 unspecified atom stereocenters. The second-order valence-corrected chi connectivity index (χ2v) is 16.8. The fraction of sp³-hybridized carbons (Fsp3) is 0.212. The van der Waals surface area contributed by atoms with Crippen LogP contribution in [0.3, 0.4) is 0 Å². The van der Waals surface area contributed by atoms with E-state index in [2.05, 4.69) is 95.9 Å². The molecule has 1 aliphatic heterocycles. The average molecular weight is 494 g/mol. The Bertz CT molecular complexity index is 1160.